The number of carbonyl (C=O) groups excluding carboxylic acids is 9. The van der Waals surface area contributed by atoms with Crippen molar-refractivity contribution < 1.29 is 72.4 Å². The lowest BCUT2D eigenvalue weighted by Gasteiger charge is -2.27. The lowest BCUT2D eigenvalue weighted by Crippen LogP contribution is -2.59. The molecule has 1 aromatic carbocycles. The number of benzene rings is 1. The standard InChI is InChI=1S/C59H93N13O15S/c1-36(2)29-39-31-47(74)42(60)32-40-34-72(71-70-40)22-8-7-11-43(55(80)62-21-10-24-86-26-28-87-27-25-85-23-9-20-61-49(75)13-6-5-12-48-53-46(35-88-48)67-59(84)69-53)65-58(83)52(37(3)4)68-57(82)44(18-19-51(77)78)64-50(76)33-63-56(81)45(66-54(39)79)30-38-14-16-41(73)17-15-38/h14-17,34,36-37,39,42-46,48,52-53,73H,5-13,18-33,35,60H2,1-4H3,(H,61,75)(H,62,80)(H,63,81)(H,64,76)(H,65,83)(H,66,79)(H,68,82)(H,77,78)(H2,67,69,84)/t39-,42+,43+,44+,45+,46-,48?,52+,53-/m1/s1. The smallest absolute Gasteiger partial charge is 0.315 e. The van der Waals surface area contributed by atoms with Crippen LogP contribution in [-0.2, 0) is 76.7 Å². The molecule has 3 aliphatic heterocycles. The SMILES string of the molecule is CC(C)C[C@@H]1CC(=O)[C@@H](N)Cc2cn(nn2)CCCC[C@@H](C(=O)NCCCOCCOCCOCCCNC(=O)CCCCC2SC[C@H]3NC(=O)N[C@@H]23)NC(=O)[C@H](C(C)C)NC(=O)[C@H](CCC(=O)O)NC(=O)CNC(=O)[C@H](Cc2ccc(O)cc2)NC1=O. The Morgan fingerprint density at radius 2 is 1.44 bits per heavy atom. The number of thioether (sulfide) groups is 1. The van der Waals surface area contributed by atoms with Gasteiger partial charge in [0.25, 0.3) is 0 Å². The minimum absolute atomic E-state index is 0.0142. The second kappa shape index (κ2) is 38.5. The summed E-state index contributed by atoms with van der Waals surface area (Å²) in [6.07, 6.45) is 5.95. The molecular weight excluding hydrogens is 1160 g/mol. The fraction of sp³-hybridized carbons (Fsp3) is 0.695. The van der Waals surface area contributed by atoms with Crippen LogP contribution in [0.5, 0.6) is 5.75 Å². The summed E-state index contributed by atoms with van der Waals surface area (Å²) in [4.78, 5) is 133. The van der Waals surface area contributed by atoms with Gasteiger partial charge in [-0.15, -0.1) is 5.10 Å². The van der Waals surface area contributed by atoms with E-state index in [-0.39, 0.29) is 74.3 Å². The maximum Gasteiger partial charge on any atom is 0.315 e. The topological polar surface area (TPSA) is 404 Å². The Hall–Kier alpha value is -6.95. The predicted molar refractivity (Wildman–Crippen MR) is 324 cm³/mol. The molecule has 2 saturated heterocycles. The monoisotopic (exact) mass is 1260 g/mol. The van der Waals surface area contributed by atoms with Crippen LogP contribution in [0.4, 0.5) is 4.79 Å². The summed E-state index contributed by atoms with van der Waals surface area (Å²) in [5, 5.41) is 53.1. The molecule has 0 saturated carbocycles. The first kappa shape index (κ1) is 71.8. The van der Waals surface area contributed by atoms with E-state index >= 15 is 0 Å². The van der Waals surface area contributed by atoms with Gasteiger partial charge in [0.05, 0.1) is 56.8 Å². The molecule has 0 spiro atoms. The number of amides is 9. The molecule has 1 unspecified atom stereocenters. The number of rotatable bonds is 28. The van der Waals surface area contributed by atoms with Crippen molar-refractivity contribution in [2.24, 2.45) is 23.5 Å². The third kappa shape index (κ3) is 26.4. The summed E-state index contributed by atoms with van der Waals surface area (Å²) in [5.74, 6) is -6.72. The first-order valence-corrected chi connectivity index (χ1v) is 31.8. The first-order chi connectivity index (χ1) is 42.1. The van der Waals surface area contributed by atoms with Gasteiger partial charge in [0.15, 0.2) is 5.78 Å². The van der Waals surface area contributed by atoms with Gasteiger partial charge in [-0.2, -0.15) is 11.8 Å². The second-order valence-corrected chi connectivity index (χ2v) is 24.6. The van der Waals surface area contributed by atoms with E-state index in [0.717, 1.165) is 25.0 Å². The van der Waals surface area contributed by atoms with Gasteiger partial charge in [0.1, 0.15) is 29.9 Å². The number of aromatic hydroxyl groups is 1. The van der Waals surface area contributed by atoms with Crippen LogP contribution in [-0.4, -0.2) is 197 Å². The highest BCUT2D eigenvalue weighted by atomic mass is 32.2. The zero-order chi connectivity index (χ0) is 64.0. The van der Waals surface area contributed by atoms with Crippen molar-refractivity contribution >= 4 is 70.9 Å². The number of unbranched alkanes of at least 4 members (excludes halogenated alkanes) is 1. The minimum Gasteiger partial charge on any atom is -0.508 e. The summed E-state index contributed by atoms with van der Waals surface area (Å²) < 4.78 is 18.5. The van der Waals surface area contributed by atoms with Gasteiger partial charge in [-0.1, -0.05) is 51.5 Å². The Labute approximate surface area is 518 Å². The Kier molecular flexibility index (Phi) is 31.4. The van der Waals surface area contributed by atoms with Crippen LogP contribution in [0.25, 0.3) is 0 Å². The number of fused-ring (bicyclic) bond motifs is 3. The maximum absolute atomic E-state index is 14.1. The van der Waals surface area contributed by atoms with Crippen molar-refractivity contribution in [3.05, 3.63) is 41.7 Å². The number of nitrogens with two attached hydrogens (primary N) is 1. The maximum atomic E-state index is 14.1. The molecule has 0 aliphatic carbocycles. The fourth-order valence-electron chi connectivity index (χ4n) is 10.3. The van der Waals surface area contributed by atoms with Crippen molar-refractivity contribution in [3.63, 3.8) is 0 Å². The molecule has 88 heavy (non-hydrogen) atoms. The number of nitrogens with zero attached hydrogens (tertiary/aromatic N) is 3. The van der Waals surface area contributed by atoms with Gasteiger partial charge in [-0.05, 0) is 87.3 Å². The van der Waals surface area contributed by atoms with E-state index in [9.17, 15) is 58.2 Å². The quantitative estimate of drug-likeness (QED) is 0.0402. The molecule has 29 heteroatoms. The number of ketones is 1. The molecule has 28 nitrogen and oxygen atoms in total. The number of phenolic OH excluding ortho intramolecular Hbond substituents is 1. The molecule has 2 aromatic rings. The van der Waals surface area contributed by atoms with Gasteiger partial charge < -0.3 is 78.0 Å². The van der Waals surface area contributed by atoms with Gasteiger partial charge >= 0.3 is 12.0 Å². The number of ether oxygens (including phenoxy) is 3. The van der Waals surface area contributed by atoms with E-state index in [0.29, 0.717) is 101 Å². The number of urea groups is 1. The van der Waals surface area contributed by atoms with Crippen LogP contribution in [0, 0.1) is 17.8 Å². The number of hydrogen-bond acceptors (Lipinski definition) is 18. The summed E-state index contributed by atoms with van der Waals surface area (Å²) in [6.45, 7) is 9.54. The Morgan fingerprint density at radius 3 is 2.12 bits per heavy atom. The van der Waals surface area contributed by atoms with Crippen molar-refractivity contribution in [3.8, 4) is 5.75 Å². The Bertz CT molecular complexity index is 2590. The van der Waals surface area contributed by atoms with E-state index in [4.69, 9.17) is 19.9 Å². The summed E-state index contributed by atoms with van der Waals surface area (Å²) in [7, 11) is 0. The number of hydrogen-bond donors (Lipinski definition) is 12. The lowest BCUT2D eigenvalue weighted by atomic mass is 9.88. The Morgan fingerprint density at radius 1 is 0.750 bits per heavy atom. The molecule has 1 aromatic heterocycles. The van der Waals surface area contributed by atoms with E-state index in [1.54, 1.807) is 36.9 Å². The number of aliphatic carboxylic acids is 1. The number of carboxylic acids is 1. The predicted octanol–water partition coefficient (Wildman–Crippen LogP) is 0.266. The van der Waals surface area contributed by atoms with Crippen LogP contribution < -0.4 is 53.6 Å². The number of nitrogens with one attached hydrogen (secondary N) is 9. The molecule has 4 heterocycles. The van der Waals surface area contributed by atoms with Crippen LogP contribution in [0.1, 0.15) is 122 Å². The van der Waals surface area contributed by atoms with Crippen LogP contribution in [0.3, 0.4) is 0 Å². The van der Waals surface area contributed by atoms with Gasteiger partial charge in [0.2, 0.25) is 41.4 Å². The first-order valence-electron chi connectivity index (χ1n) is 30.8. The van der Waals surface area contributed by atoms with E-state index < -0.39 is 109 Å². The molecule has 5 rings (SSSR count). The third-order valence-electron chi connectivity index (χ3n) is 15.1. The average Bonchev–Trinajstić information content (AvgIpc) is 2.28. The number of aromatic nitrogens is 3. The zero-order valence-electron chi connectivity index (χ0n) is 51.2. The normalized spacial score (nSPS) is 23.8. The molecular formula is C59H93N13O15S. The van der Waals surface area contributed by atoms with Crippen molar-refractivity contribution in [1.29, 1.82) is 0 Å². The van der Waals surface area contributed by atoms with Gasteiger partial charge in [-0.25, -0.2) is 4.79 Å². The zero-order valence-corrected chi connectivity index (χ0v) is 52.0. The summed E-state index contributed by atoms with van der Waals surface area (Å²) in [5.41, 5.74) is 7.38. The summed E-state index contributed by atoms with van der Waals surface area (Å²) >= 11 is 1.87. The highest BCUT2D eigenvalue weighted by Gasteiger charge is 2.42. The Balaban J connectivity index is 1.11. The fourth-order valence-corrected chi connectivity index (χ4v) is 11.9. The molecule has 2 fully saturated rings. The van der Waals surface area contributed by atoms with Crippen LogP contribution in [0.15, 0.2) is 30.5 Å². The number of aryl methyl sites for hydroxylation is 1. The molecule has 13 N–H and O–H groups in total. The van der Waals surface area contributed by atoms with E-state index in [2.05, 4.69) is 58.2 Å². The van der Waals surface area contributed by atoms with E-state index in [1.807, 2.05) is 25.6 Å². The van der Waals surface area contributed by atoms with Crippen LogP contribution >= 0.6 is 11.8 Å². The van der Waals surface area contributed by atoms with Crippen molar-refractivity contribution in [1.82, 2.24) is 62.8 Å². The lowest BCUT2D eigenvalue weighted by molar-refractivity contribution is -0.138. The van der Waals surface area contributed by atoms with Gasteiger partial charge in [0, 0.05) is 88.1 Å². The largest absolute Gasteiger partial charge is 0.508 e. The highest BCUT2D eigenvalue weighted by Crippen LogP contribution is 2.33. The minimum atomic E-state index is -1.49. The molecule has 2 bridgehead atoms. The highest BCUT2D eigenvalue weighted by molar-refractivity contribution is 8.00. The second-order valence-electron chi connectivity index (χ2n) is 23.3. The van der Waals surface area contributed by atoms with Crippen LogP contribution in [0.2, 0.25) is 0 Å². The summed E-state index contributed by atoms with van der Waals surface area (Å²) in [6, 6.07) is 0.0189. The number of carboxylic acid groups (broad SMARTS) is 1. The molecule has 3 aliphatic rings. The van der Waals surface area contributed by atoms with Crippen molar-refractivity contribution in [2.45, 2.75) is 178 Å². The molecule has 9 amide bonds. The molecule has 0 radical (unpaired) electrons. The van der Waals surface area contributed by atoms with Gasteiger partial charge in [-0.3, -0.25) is 47.8 Å². The molecule has 9 atom stereocenters. The third-order valence-corrected chi connectivity index (χ3v) is 16.6. The molecule has 490 valence electrons. The van der Waals surface area contributed by atoms with Crippen molar-refractivity contribution in [2.75, 3.05) is 65.0 Å². The number of Topliss-reactive ketones (excluding diaryl/α,β-unsaturated/α-hetero) is 1. The van der Waals surface area contributed by atoms with E-state index in [1.165, 1.54) is 12.1 Å². The number of phenols is 1. The number of carbonyl (C=O) groups is 10. The average molecular weight is 1260 g/mol.